The number of urea groups is 1. The fourth-order valence-electron chi connectivity index (χ4n) is 3.36. The van der Waals surface area contributed by atoms with Crippen LogP contribution in [-0.4, -0.2) is 40.6 Å². The summed E-state index contributed by atoms with van der Waals surface area (Å²) in [7, 11) is 0. The van der Waals surface area contributed by atoms with Gasteiger partial charge in [0.25, 0.3) is 11.8 Å². The van der Waals surface area contributed by atoms with Crippen LogP contribution in [0.3, 0.4) is 0 Å². The third kappa shape index (κ3) is 4.56. The summed E-state index contributed by atoms with van der Waals surface area (Å²) >= 11 is 0. The molecule has 2 N–H and O–H groups in total. The fraction of sp³-hybridized carbons (Fsp3) is 0.304. The second-order valence-corrected chi connectivity index (χ2v) is 7.58. The lowest BCUT2D eigenvalue weighted by Crippen LogP contribution is -2.44. The quantitative estimate of drug-likeness (QED) is 0.516. The van der Waals surface area contributed by atoms with Crippen molar-refractivity contribution < 1.29 is 19.2 Å². The SMILES string of the molecule is CCCC[C@@]1(C)NC(=O)N(CC(=O)c2ccc(NC(=O)c3ccccc3)cc2)C1=O. The lowest BCUT2D eigenvalue weighted by molar-refractivity contribution is -0.130. The Bertz CT molecular complexity index is 956. The summed E-state index contributed by atoms with van der Waals surface area (Å²) in [5.74, 6) is -0.972. The molecule has 30 heavy (non-hydrogen) atoms. The normalized spacial score (nSPS) is 18.3. The Morgan fingerprint density at radius 2 is 1.67 bits per heavy atom. The third-order valence-electron chi connectivity index (χ3n) is 5.18. The number of hydrogen-bond acceptors (Lipinski definition) is 4. The third-order valence-corrected chi connectivity index (χ3v) is 5.18. The topological polar surface area (TPSA) is 95.6 Å². The number of unbranched alkanes of at least 4 members (excludes halogenated alkanes) is 1. The number of nitrogens with zero attached hydrogens (tertiary/aromatic N) is 1. The predicted octanol–water partition coefficient (Wildman–Crippen LogP) is 3.62. The maximum Gasteiger partial charge on any atom is 0.325 e. The number of nitrogens with one attached hydrogen (secondary N) is 2. The van der Waals surface area contributed by atoms with E-state index in [1.165, 1.54) is 0 Å². The summed E-state index contributed by atoms with van der Waals surface area (Å²) in [6.07, 6.45) is 2.25. The molecular formula is C23H25N3O4. The average Bonchev–Trinajstić information content (AvgIpc) is 2.96. The second kappa shape index (κ2) is 8.90. The van der Waals surface area contributed by atoms with Crippen molar-refractivity contribution in [2.75, 3.05) is 11.9 Å². The Morgan fingerprint density at radius 3 is 2.30 bits per heavy atom. The molecule has 1 heterocycles. The van der Waals surface area contributed by atoms with Crippen molar-refractivity contribution in [2.45, 2.75) is 38.6 Å². The highest BCUT2D eigenvalue weighted by Gasteiger charge is 2.47. The molecule has 1 aliphatic heterocycles. The molecule has 3 rings (SSSR count). The van der Waals surface area contributed by atoms with Gasteiger partial charge in [-0.3, -0.25) is 19.3 Å². The monoisotopic (exact) mass is 407 g/mol. The number of Topliss-reactive ketones (excluding diaryl/α,β-unsaturated/α-hetero) is 1. The summed E-state index contributed by atoms with van der Waals surface area (Å²) in [6, 6.07) is 14.6. The molecule has 1 fully saturated rings. The Labute approximate surface area is 175 Å². The molecule has 0 aromatic heterocycles. The van der Waals surface area contributed by atoms with Crippen molar-refractivity contribution >= 4 is 29.3 Å². The van der Waals surface area contributed by atoms with Gasteiger partial charge < -0.3 is 10.6 Å². The minimum atomic E-state index is -0.959. The molecule has 1 atom stereocenters. The van der Waals surface area contributed by atoms with E-state index in [1.807, 2.05) is 13.0 Å². The van der Waals surface area contributed by atoms with Crippen molar-refractivity contribution in [1.29, 1.82) is 0 Å². The largest absolute Gasteiger partial charge is 0.325 e. The van der Waals surface area contributed by atoms with E-state index in [-0.39, 0.29) is 24.1 Å². The molecule has 7 heteroatoms. The van der Waals surface area contributed by atoms with Crippen LogP contribution in [0.2, 0.25) is 0 Å². The van der Waals surface area contributed by atoms with Crippen LogP contribution < -0.4 is 10.6 Å². The lowest BCUT2D eigenvalue weighted by Gasteiger charge is -2.21. The van der Waals surface area contributed by atoms with Gasteiger partial charge >= 0.3 is 6.03 Å². The standard InChI is InChI=1S/C23H25N3O4/c1-3-4-14-23(2)21(29)26(22(30)25-23)15-19(27)16-10-12-18(13-11-16)24-20(28)17-8-6-5-7-9-17/h5-13H,3-4,14-15H2,1-2H3,(H,24,28)(H,25,30)/t23-/m1/s1. The van der Waals surface area contributed by atoms with Gasteiger partial charge in [0.1, 0.15) is 5.54 Å². The molecule has 0 saturated carbocycles. The summed E-state index contributed by atoms with van der Waals surface area (Å²) in [5.41, 5.74) is 0.471. The van der Waals surface area contributed by atoms with Crippen molar-refractivity contribution in [3.05, 3.63) is 65.7 Å². The lowest BCUT2D eigenvalue weighted by atomic mass is 9.95. The Hall–Kier alpha value is -3.48. The van der Waals surface area contributed by atoms with E-state index in [9.17, 15) is 19.2 Å². The zero-order chi connectivity index (χ0) is 21.7. The molecule has 0 spiro atoms. The first kappa shape index (κ1) is 21.2. The first-order chi connectivity index (χ1) is 14.3. The van der Waals surface area contributed by atoms with Crippen molar-refractivity contribution in [2.24, 2.45) is 0 Å². The summed E-state index contributed by atoms with van der Waals surface area (Å²) in [6.45, 7) is 3.39. The predicted molar refractivity (Wildman–Crippen MR) is 113 cm³/mol. The highest BCUT2D eigenvalue weighted by Crippen LogP contribution is 2.24. The van der Waals surface area contributed by atoms with Crippen LogP contribution in [0.1, 0.15) is 53.8 Å². The van der Waals surface area contributed by atoms with Crippen LogP contribution >= 0.6 is 0 Å². The van der Waals surface area contributed by atoms with E-state index < -0.39 is 11.6 Å². The molecule has 7 nitrogen and oxygen atoms in total. The van der Waals surface area contributed by atoms with Gasteiger partial charge in [-0.15, -0.1) is 0 Å². The molecule has 156 valence electrons. The molecular weight excluding hydrogens is 382 g/mol. The van der Waals surface area contributed by atoms with Gasteiger partial charge in [0.15, 0.2) is 5.78 Å². The van der Waals surface area contributed by atoms with Crippen molar-refractivity contribution in [3.8, 4) is 0 Å². The number of amides is 4. The highest BCUT2D eigenvalue weighted by atomic mass is 16.2. The number of rotatable bonds is 8. The van der Waals surface area contributed by atoms with Gasteiger partial charge in [0.2, 0.25) is 0 Å². The van der Waals surface area contributed by atoms with Gasteiger partial charge in [0.05, 0.1) is 6.54 Å². The van der Waals surface area contributed by atoms with E-state index in [4.69, 9.17) is 0 Å². The van der Waals surface area contributed by atoms with E-state index in [0.717, 1.165) is 17.7 Å². The fourth-order valence-corrected chi connectivity index (χ4v) is 3.36. The average molecular weight is 407 g/mol. The summed E-state index contributed by atoms with van der Waals surface area (Å²) in [4.78, 5) is 50.7. The molecule has 0 radical (unpaired) electrons. The highest BCUT2D eigenvalue weighted by molar-refractivity contribution is 6.11. The number of imide groups is 1. The number of benzene rings is 2. The first-order valence-corrected chi connectivity index (χ1v) is 9.98. The Balaban J connectivity index is 1.63. The molecule has 0 bridgehead atoms. The van der Waals surface area contributed by atoms with Gasteiger partial charge in [-0.05, 0) is 49.7 Å². The molecule has 1 saturated heterocycles. The van der Waals surface area contributed by atoms with E-state index in [2.05, 4.69) is 10.6 Å². The second-order valence-electron chi connectivity index (χ2n) is 7.58. The van der Waals surface area contributed by atoms with Gasteiger partial charge in [-0.1, -0.05) is 38.0 Å². The zero-order valence-electron chi connectivity index (χ0n) is 17.1. The number of ketones is 1. The van der Waals surface area contributed by atoms with Gasteiger partial charge in [-0.2, -0.15) is 0 Å². The summed E-state index contributed by atoms with van der Waals surface area (Å²) in [5, 5.41) is 5.47. The number of carbonyl (C=O) groups excluding carboxylic acids is 4. The number of anilines is 1. The van der Waals surface area contributed by atoms with Crippen LogP contribution in [0.15, 0.2) is 54.6 Å². The minimum Gasteiger partial charge on any atom is -0.323 e. The minimum absolute atomic E-state index is 0.250. The van der Waals surface area contributed by atoms with Crippen LogP contribution in [-0.2, 0) is 4.79 Å². The van der Waals surface area contributed by atoms with Gasteiger partial charge in [0, 0.05) is 16.8 Å². The zero-order valence-corrected chi connectivity index (χ0v) is 17.1. The smallest absolute Gasteiger partial charge is 0.323 e. The molecule has 2 aromatic rings. The first-order valence-electron chi connectivity index (χ1n) is 9.98. The summed E-state index contributed by atoms with van der Waals surface area (Å²) < 4.78 is 0. The van der Waals surface area contributed by atoms with Crippen molar-refractivity contribution in [1.82, 2.24) is 10.2 Å². The van der Waals surface area contributed by atoms with E-state index >= 15 is 0 Å². The van der Waals surface area contributed by atoms with Gasteiger partial charge in [-0.25, -0.2) is 4.79 Å². The Kier molecular flexibility index (Phi) is 6.30. The number of hydrogen-bond donors (Lipinski definition) is 2. The molecule has 0 aliphatic carbocycles. The molecule has 4 amide bonds. The maximum absolute atomic E-state index is 12.7. The van der Waals surface area contributed by atoms with Crippen LogP contribution in [0, 0.1) is 0 Å². The van der Waals surface area contributed by atoms with Crippen LogP contribution in [0.4, 0.5) is 10.5 Å². The number of carbonyl (C=O) groups is 4. The van der Waals surface area contributed by atoms with Crippen molar-refractivity contribution in [3.63, 3.8) is 0 Å². The Morgan fingerprint density at radius 1 is 1.00 bits per heavy atom. The van der Waals surface area contributed by atoms with E-state index in [1.54, 1.807) is 55.5 Å². The molecule has 2 aromatic carbocycles. The molecule has 0 unspecified atom stereocenters. The maximum atomic E-state index is 12.7. The van der Waals surface area contributed by atoms with Crippen LogP contribution in [0.5, 0.6) is 0 Å². The van der Waals surface area contributed by atoms with E-state index in [0.29, 0.717) is 23.2 Å². The van der Waals surface area contributed by atoms with Crippen LogP contribution in [0.25, 0.3) is 0 Å². The molecule has 1 aliphatic rings.